The van der Waals surface area contributed by atoms with E-state index >= 15 is 0 Å². The maximum atomic E-state index is 12.7. The predicted octanol–water partition coefficient (Wildman–Crippen LogP) is 5.36. The monoisotopic (exact) mass is 545 g/mol. The third-order valence-electron chi connectivity index (χ3n) is 4.80. The molecule has 178 valence electrons. The van der Waals surface area contributed by atoms with Crippen LogP contribution < -0.4 is 9.47 Å². The maximum Gasteiger partial charge on any atom is 0.326 e. The first-order valence-corrected chi connectivity index (χ1v) is 12.1. The normalized spacial score (nSPS) is 14.4. The van der Waals surface area contributed by atoms with Gasteiger partial charge in [-0.25, -0.2) is 0 Å². The molecular formula is C25H24BrNO6S. The van der Waals surface area contributed by atoms with Crippen molar-refractivity contribution in [1.29, 1.82) is 0 Å². The number of rotatable bonds is 10. The highest BCUT2D eigenvalue weighted by molar-refractivity contribution is 9.10. The Morgan fingerprint density at radius 1 is 1.21 bits per heavy atom. The summed E-state index contributed by atoms with van der Waals surface area (Å²) in [6.07, 6.45) is 3.86. The number of amides is 2. The molecule has 0 atom stereocenters. The third kappa shape index (κ3) is 6.30. The Kier molecular flexibility index (Phi) is 8.95. The lowest BCUT2D eigenvalue weighted by Gasteiger charge is -2.16. The average molecular weight is 546 g/mol. The summed E-state index contributed by atoms with van der Waals surface area (Å²) in [7, 11) is 1.54. The number of imide groups is 1. The van der Waals surface area contributed by atoms with Gasteiger partial charge in [0.1, 0.15) is 13.2 Å². The summed E-state index contributed by atoms with van der Waals surface area (Å²) in [5, 5.41) is -0.517. The standard InChI is InChI=1S/C25H24BrNO6S/c1-4-6-18-11-17(13-21-24(29)27(25(30)34-21)14-22(28)32-5-2)12-20(31-3)23(18)33-15-16-7-9-19(26)10-8-16/h4,7-13H,1,5-6,14-15H2,2-3H3/b21-13-. The van der Waals surface area contributed by atoms with E-state index in [1.807, 2.05) is 30.3 Å². The van der Waals surface area contributed by atoms with Gasteiger partial charge in [-0.3, -0.25) is 19.3 Å². The van der Waals surface area contributed by atoms with Crippen LogP contribution >= 0.6 is 27.7 Å². The number of hydrogen-bond acceptors (Lipinski definition) is 7. The lowest BCUT2D eigenvalue weighted by molar-refractivity contribution is -0.145. The van der Waals surface area contributed by atoms with Crippen LogP contribution in [0.25, 0.3) is 6.08 Å². The molecule has 1 fully saturated rings. The molecule has 0 radical (unpaired) electrons. The van der Waals surface area contributed by atoms with Crippen LogP contribution in [0.1, 0.15) is 23.6 Å². The molecule has 1 heterocycles. The number of thioether (sulfide) groups is 1. The predicted molar refractivity (Wildman–Crippen MR) is 135 cm³/mol. The number of allylic oxidation sites excluding steroid dienone is 1. The molecule has 0 spiro atoms. The van der Waals surface area contributed by atoms with Gasteiger partial charge in [0, 0.05) is 10.0 Å². The van der Waals surface area contributed by atoms with Crippen molar-refractivity contribution < 1.29 is 28.6 Å². The first-order valence-electron chi connectivity index (χ1n) is 10.5. The van der Waals surface area contributed by atoms with Crippen LogP contribution in [0.3, 0.4) is 0 Å². The van der Waals surface area contributed by atoms with Gasteiger partial charge in [-0.1, -0.05) is 34.1 Å². The Labute approximate surface area is 210 Å². The van der Waals surface area contributed by atoms with Crippen molar-refractivity contribution in [2.45, 2.75) is 20.0 Å². The van der Waals surface area contributed by atoms with Crippen LogP contribution in [0.4, 0.5) is 4.79 Å². The number of esters is 1. The molecule has 34 heavy (non-hydrogen) atoms. The third-order valence-corrected chi connectivity index (χ3v) is 6.23. The first-order chi connectivity index (χ1) is 16.4. The molecule has 0 aliphatic carbocycles. The van der Waals surface area contributed by atoms with Crippen molar-refractivity contribution in [2.24, 2.45) is 0 Å². The molecule has 3 rings (SSSR count). The van der Waals surface area contributed by atoms with E-state index in [4.69, 9.17) is 14.2 Å². The number of methoxy groups -OCH3 is 1. The zero-order chi connectivity index (χ0) is 24.7. The van der Waals surface area contributed by atoms with Gasteiger partial charge in [0.2, 0.25) is 0 Å². The minimum Gasteiger partial charge on any atom is -0.493 e. The fourth-order valence-electron chi connectivity index (χ4n) is 3.25. The van der Waals surface area contributed by atoms with Gasteiger partial charge >= 0.3 is 5.97 Å². The van der Waals surface area contributed by atoms with E-state index in [0.717, 1.165) is 32.3 Å². The topological polar surface area (TPSA) is 82.1 Å². The van der Waals surface area contributed by atoms with E-state index in [1.54, 1.807) is 25.1 Å². The summed E-state index contributed by atoms with van der Waals surface area (Å²) in [5.74, 6) is -0.0949. The van der Waals surface area contributed by atoms with Gasteiger partial charge in [0.25, 0.3) is 11.1 Å². The number of carbonyl (C=O) groups excluding carboxylic acids is 3. The van der Waals surface area contributed by atoms with Crippen LogP contribution in [-0.4, -0.2) is 42.3 Å². The van der Waals surface area contributed by atoms with Crippen molar-refractivity contribution in [3.8, 4) is 11.5 Å². The number of benzene rings is 2. The summed E-state index contributed by atoms with van der Waals surface area (Å²) in [6, 6.07) is 11.4. The molecule has 1 aliphatic heterocycles. The van der Waals surface area contributed by atoms with Crippen molar-refractivity contribution >= 4 is 50.9 Å². The Balaban J connectivity index is 1.86. The summed E-state index contributed by atoms with van der Waals surface area (Å²) in [5.41, 5.74) is 2.48. The van der Waals surface area contributed by atoms with Crippen molar-refractivity contribution in [3.05, 3.63) is 75.1 Å². The first kappa shape index (κ1) is 25.6. The summed E-state index contributed by atoms with van der Waals surface area (Å²) >= 11 is 4.20. The Morgan fingerprint density at radius 2 is 1.94 bits per heavy atom. The molecule has 2 amide bonds. The molecule has 0 N–H and O–H groups in total. The van der Waals surface area contributed by atoms with E-state index < -0.39 is 23.7 Å². The van der Waals surface area contributed by atoms with Crippen molar-refractivity contribution in [1.82, 2.24) is 4.90 Å². The fourth-order valence-corrected chi connectivity index (χ4v) is 4.35. The Hall–Kier alpha value is -3.04. The SMILES string of the molecule is C=CCc1cc(/C=C2\SC(=O)N(CC(=O)OCC)C2=O)cc(OC)c1OCc1ccc(Br)cc1. The molecule has 0 saturated carbocycles. The zero-order valence-electron chi connectivity index (χ0n) is 18.8. The van der Waals surface area contributed by atoms with E-state index in [-0.39, 0.29) is 11.5 Å². The molecule has 1 saturated heterocycles. The van der Waals surface area contributed by atoms with E-state index in [9.17, 15) is 14.4 Å². The second-order valence-electron chi connectivity index (χ2n) is 7.19. The lowest BCUT2D eigenvalue weighted by Crippen LogP contribution is -2.34. The average Bonchev–Trinajstić information content (AvgIpc) is 3.06. The molecule has 9 heteroatoms. The molecule has 0 aromatic heterocycles. The van der Waals surface area contributed by atoms with Crippen molar-refractivity contribution in [2.75, 3.05) is 20.3 Å². The van der Waals surface area contributed by atoms with E-state index in [0.29, 0.717) is 30.1 Å². The number of nitrogens with zero attached hydrogens (tertiary/aromatic N) is 1. The van der Waals surface area contributed by atoms with Crippen LogP contribution in [0.15, 0.2) is 58.4 Å². The second kappa shape index (κ2) is 11.9. The molecule has 2 aromatic rings. The highest BCUT2D eigenvalue weighted by atomic mass is 79.9. The molecule has 0 bridgehead atoms. The lowest BCUT2D eigenvalue weighted by atomic mass is 10.0. The number of hydrogen-bond donors (Lipinski definition) is 0. The smallest absolute Gasteiger partial charge is 0.326 e. The van der Waals surface area contributed by atoms with Crippen LogP contribution in [-0.2, 0) is 27.4 Å². The van der Waals surface area contributed by atoms with Crippen molar-refractivity contribution in [3.63, 3.8) is 0 Å². The molecule has 0 unspecified atom stereocenters. The van der Waals surface area contributed by atoms with E-state index in [1.165, 1.54) is 7.11 Å². The Morgan fingerprint density at radius 3 is 2.59 bits per heavy atom. The van der Waals surface area contributed by atoms with Crippen LogP contribution in [0.5, 0.6) is 11.5 Å². The molecule has 1 aliphatic rings. The van der Waals surface area contributed by atoms with Gasteiger partial charge in [-0.05, 0) is 66.6 Å². The summed E-state index contributed by atoms with van der Waals surface area (Å²) < 4.78 is 17.5. The highest BCUT2D eigenvalue weighted by Crippen LogP contribution is 2.37. The quantitative estimate of drug-likeness (QED) is 0.225. The highest BCUT2D eigenvalue weighted by Gasteiger charge is 2.36. The summed E-state index contributed by atoms with van der Waals surface area (Å²) in [4.78, 5) is 37.8. The van der Waals surface area contributed by atoms with Gasteiger partial charge in [0.15, 0.2) is 11.5 Å². The van der Waals surface area contributed by atoms with E-state index in [2.05, 4.69) is 22.5 Å². The number of ether oxygens (including phenoxy) is 3. The molecule has 7 nitrogen and oxygen atoms in total. The van der Waals surface area contributed by atoms with Gasteiger partial charge < -0.3 is 14.2 Å². The van der Waals surface area contributed by atoms with Gasteiger partial charge in [-0.15, -0.1) is 6.58 Å². The number of carbonyl (C=O) groups is 3. The van der Waals surface area contributed by atoms with Crippen LogP contribution in [0.2, 0.25) is 0 Å². The molecular weight excluding hydrogens is 522 g/mol. The largest absolute Gasteiger partial charge is 0.493 e. The van der Waals surface area contributed by atoms with Crippen LogP contribution in [0, 0.1) is 0 Å². The van der Waals surface area contributed by atoms with Gasteiger partial charge in [0.05, 0.1) is 18.6 Å². The fraction of sp³-hybridized carbons (Fsp3) is 0.240. The Bertz CT molecular complexity index is 1130. The summed E-state index contributed by atoms with van der Waals surface area (Å²) in [6.45, 7) is 5.58. The second-order valence-corrected chi connectivity index (χ2v) is 9.10. The zero-order valence-corrected chi connectivity index (χ0v) is 21.2. The maximum absolute atomic E-state index is 12.7. The minimum atomic E-state index is -0.631. The van der Waals surface area contributed by atoms with Gasteiger partial charge in [-0.2, -0.15) is 0 Å². The molecule has 2 aromatic carbocycles. The number of halogens is 1. The minimum absolute atomic E-state index is 0.174.